The maximum Gasteiger partial charge on any atom is -0.0158 e. The molecule has 0 saturated heterocycles. The van der Waals surface area contributed by atoms with Gasteiger partial charge < -0.3 is 0 Å². The van der Waals surface area contributed by atoms with E-state index in [1.807, 2.05) is 19.1 Å². The van der Waals surface area contributed by atoms with Crippen molar-refractivity contribution in [3.8, 4) is 0 Å². The SMILES string of the molecule is C.C=C=C/C=C\C(=C/C)c1ccccc1C. The molecule has 0 aliphatic heterocycles. The van der Waals surface area contributed by atoms with E-state index in [1.165, 1.54) is 16.7 Å². The fourth-order valence-electron chi connectivity index (χ4n) is 1.46. The molecule has 0 heterocycles. The number of hydrogen-bond donors (Lipinski definition) is 0. The molecule has 0 aromatic heterocycles. The molecule has 0 saturated carbocycles. The Hall–Kier alpha value is -1.78. The molecule has 1 aromatic rings. The van der Waals surface area contributed by atoms with Crippen LogP contribution in [-0.4, -0.2) is 0 Å². The summed E-state index contributed by atoms with van der Waals surface area (Å²) in [7, 11) is 0. The van der Waals surface area contributed by atoms with Crippen molar-refractivity contribution in [1.29, 1.82) is 0 Å². The van der Waals surface area contributed by atoms with Crippen LogP contribution in [0.4, 0.5) is 0 Å². The second-order valence-corrected chi connectivity index (χ2v) is 3.29. The number of aryl methyl sites for hydroxylation is 1. The van der Waals surface area contributed by atoms with E-state index in [4.69, 9.17) is 0 Å². The second-order valence-electron chi connectivity index (χ2n) is 3.29. The molecule has 0 unspecified atom stereocenters. The van der Waals surface area contributed by atoms with Crippen molar-refractivity contribution >= 4 is 5.57 Å². The molecular formula is C16H20. The van der Waals surface area contributed by atoms with Gasteiger partial charge in [0.15, 0.2) is 0 Å². The van der Waals surface area contributed by atoms with Crippen LogP contribution >= 0.6 is 0 Å². The lowest BCUT2D eigenvalue weighted by Gasteiger charge is -2.05. The highest BCUT2D eigenvalue weighted by Crippen LogP contribution is 2.19. The van der Waals surface area contributed by atoms with Crippen LogP contribution < -0.4 is 0 Å². The van der Waals surface area contributed by atoms with Gasteiger partial charge in [-0.1, -0.05) is 56.5 Å². The summed E-state index contributed by atoms with van der Waals surface area (Å²) in [6, 6.07) is 8.37. The Morgan fingerprint density at radius 2 is 2.00 bits per heavy atom. The lowest BCUT2D eigenvalue weighted by Crippen LogP contribution is -1.84. The van der Waals surface area contributed by atoms with E-state index in [0.717, 1.165) is 0 Å². The third-order valence-electron chi connectivity index (χ3n) is 2.26. The molecule has 1 aromatic carbocycles. The zero-order chi connectivity index (χ0) is 11.1. The van der Waals surface area contributed by atoms with E-state index in [1.54, 1.807) is 0 Å². The van der Waals surface area contributed by atoms with Crippen molar-refractivity contribution in [3.63, 3.8) is 0 Å². The standard InChI is InChI=1S/C15H16.CH4/c1-4-6-7-11-14(5-2)15-12-9-8-10-13(15)3;/h5-12H,1H2,2-3H3;1H4/b11-7-,14-5+;. The zero-order valence-electron chi connectivity index (χ0n) is 9.33. The van der Waals surface area contributed by atoms with Crippen molar-refractivity contribution in [2.24, 2.45) is 0 Å². The molecule has 0 nitrogen and oxygen atoms in total. The Kier molecular flexibility index (Phi) is 6.67. The fraction of sp³-hybridized carbons (Fsp3) is 0.188. The van der Waals surface area contributed by atoms with Gasteiger partial charge in [0, 0.05) is 0 Å². The molecule has 0 atom stereocenters. The van der Waals surface area contributed by atoms with Gasteiger partial charge >= 0.3 is 0 Å². The predicted molar refractivity (Wildman–Crippen MR) is 74.4 cm³/mol. The number of allylic oxidation sites excluding steroid dienone is 5. The Bertz CT molecular complexity index is 427. The molecule has 0 aliphatic rings. The van der Waals surface area contributed by atoms with Gasteiger partial charge in [0.05, 0.1) is 0 Å². The minimum atomic E-state index is 0. The molecule has 0 fully saturated rings. The van der Waals surface area contributed by atoms with Crippen LogP contribution in [0.2, 0.25) is 0 Å². The fourth-order valence-corrected chi connectivity index (χ4v) is 1.46. The molecule has 0 amide bonds. The number of hydrogen-bond acceptors (Lipinski definition) is 0. The normalized spacial score (nSPS) is 10.8. The van der Waals surface area contributed by atoms with Gasteiger partial charge in [-0.2, -0.15) is 0 Å². The minimum Gasteiger partial charge on any atom is -0.129 e. The molecule has 16 heavy (non-hydrogen) atoms. The van der Waals surface area contributed by atoms with Crippen molar-refractivity contribution in [1.82, 2.24) is 0 Å². The van der Waals surface area contributed by atoms with Gasteiger partial charge in [0.1, 0.15) is 0 Å². The van der Waals surface area contributed by atoms with Gasteiger partial charge in [-0.3, -0.25) is 0 Å². The summed E-state index contributed by atoms with van der Waals surface area (Å²) < 4.78 is 0. The topological polar surface area (TPSA) is 0 Å². The maximum atomic E-state index is 3.52. The zero-order valence-corrected chi connectivity index (χ0v) is 9.33. The molecule has 0 bridgehead atoms. The largest absolute Gasteiger partial charge is 0.129 e. The van der Waals surface area contributed by atoms with Gasteiger partial charge in [0.25, 0.3) is 0 Å². The first kappa shape index (κ1) is 14.2. The first-order chi connectivity index (χ1) is 7.29. The van der Waals surface area contributed by atoms with Crippen LogP contribution in [0, 0.1) is 6.92 Å². The summed E-state index contributed by atoms with van der Waals surface area (Å²) in [5.41, 5.74) is 6.51. The second kappa shape index (κ2) is 7.50. The van der Waals surface area contributed by atoms with E-state index in [9.17, 15) is 0 Å². The summed E-state index contributed by atoms with van der Waals surface area (Å²) in [5.74, 6) is 0. The predicted octanol–water partition coefficient (Wildman–Crippen LogP) is 4.93. The van der Waals surface area contributed by atoms with E-state index in [-0.39, 0.29) is 7.43 Å². The molecule has 1 rings (SSSR count). The highest BCUT2D eigenvalue weighted by Gasteiger charge is 1.98. The van der Waals surface area contributed by atoms with E-state index >= 15 is 0 Å². The summed E-state index contributed by atoms with van der Waals surface area (Å²) in [6.07, 6.45) is 7.94. The highest BCUT2D eigenvalue weighted by atomic mass is 14.0. The molecule has 0 radical (unpaired) electrons. The smallest absolute Gasteiger partial charge is 0.0158 e. The Morgan fingerprint density at radius 1 is 1.31 bits per heavy atom. The summed E-state index contributed by atoms with van der Waals surface area (Å²) >= 11 is 0. The molecule has 0 spiro atoms. The van der Waals surface area contributed by atoms with Crippen molar-refractivity contribution in [3.05, 3.63) is 72.0 Å². The number of benzene rings is 1. The first-order valence-electron chi connectivity index (χ1n) is 5.04. The van der Waals surface area contributed by atoms with E-state index in [2.05, 4.69) is 55.7 Å². The van der Waals surface area contributed by atoms with Crippen molar-refractivity contribution < 1.29 is 0 Å². The molecule has 0 N–H and O–H groups in total. The lowest BCUT2D eigenvalue weighted by atomic mass is 10.0. The van der Waals surface area contributed by atoms with Gasteiger partial charge in [-0.05, 0) is 36.6 Å². The van der Waals surface area contributed by atoms with Crippen LogP contribution in [0.3, 0.4) is 0 Å². The van der Waals surface area contributed by atoms with Crippen LogP contribution in [0.25, 0.3) is 5.57 Å². The van der Waals surface area contributed by atoms with Crippen LogP contribution in [0.15, 0.2) is 60.9 Å². The van der Waals surface area contributed by atoms with Crippen LogP contribution in [0.1, 0.15) is 25.5 Å². The Balaban J connectivity index is 0.00000225. The average Bonchev–Trinajstić information content (AvgIpc) is 2.26. The third kappa shape index (κ3) is 3.76. The van der Waals surface area contributed by atoms with Gasteiger partial charge in [0.2, 0.25) is 0 Å². The third-order valence-corrected chi connectivity index (χ3v) is 2.26. The molecular weight excluding hydrogens is 192 g/mol. The minimum absolute atomic E-state index is 0. The molecule has 0 aliphatic carbocycles. The van der Waals surface area contributed by atoms with Crippen molar-refractivity contribution in [2.75, 3.05) is 0 Å². The quantitative estimate of drug-likeness (QED) is 0.492. The van der Waals surface area contributed by atoms with Gasteiger partial charge in [-0.25, -0.2) is 0 Å². The van der Waals surface area contributed by atoms with E-state index < -0.39 is 0 Å². The summed E-state index contributed by atoms with van der Waals surface area (Å²) in [6.45, 7) is 7.69. The number of rotatable bonds is 3. The van der Waals surface area contributed by atoms with Crippen LogP contribution in [0.5, 0.6) is 0 Å². The Morgan fingerprint density at radius 3 is 2.56 bits per heavy atom. The molecule has 0 heteroatoms. The summed E-state index contributed by atoms with van der Waals surface area (Å²) in [5, 5.41) is 0. The monoisotopic (exact) mass is 212 g/mol. The Labute approximate surface area is 99.3 Å². The highest BCUT2D eigenvalue weighted by molar-refractivity contribution is 5.75. The van der Waals surface area contributed by atoms with E-state index in [0.29, 0.717) is 0 Å². The van der Waals surface area contributed by atoms with Crippen LogP contribution in [-0.2, 0) is 0 Å². The molecule has 84 valence electrons. The lowest BCUT2D eigenvalue weighted by molar-refractivity contribution is 1.42. The average molecular weight is 212 g/mol. The van der Waals surface area contributed by atoms with Crippen molar-refractivity contribution in [2.45, 2.75) is 21.3 Å². The van der Waals surface area contributed by atoms with Gasteiger partial charge in [-0.15, -0.1) is 5.73 Å². The first-order valence-corrected chi connectivity index (χ1v) is 5.04. The summed E-state index contributed by atoms with van der Waals surface area (Å²) in [4.78, 5) is 0. The maximum absolute atomic E-state index is 3.52.